The molecule has 0 bridgehead atoms. The van der Waals surface area contributed by atoms with E-state index in [1.165, 1.54) is 5.56 Å². The van der Waals surface area contributed by atoms with Crippen LogP contribution in [-0.2, 0) is 17.9 Å². The van der Waals surface area contributed by atoms with Gasteiger partial charge < -0.3 is 5.32 Å². The molecule has 1 N–H and O–H groups in total. The molecule has 0 aliphatic heterocycles. The number of carbonyl (C=O) groups is 1. The van der Waals surface area contributed by atoms with Crippen molar-refractivity contribution >= 4 is 5.91 Å². The Morgan fingerprint density at radius 1 is 0.955 bits per heavy atom. The maximum Gasteiger partial charge on any atom is 0.234 e. The average molecular weight is 296 g/mol. The molecular formula is C19H24N2O. The largest absolute Gasteiger partial charge is 0.351 e. The van der Waals surface area contributed by atoms with Crippen LogP contribution in [0.5, 0.6) is 0 Å². The summed E-state index contributed by atoms with van der Waals surface area (Å²) >= 11 is 0. The van der Waals surface area contributed by atoms with Crippen molar-refractivity contribution in [2.45, 2.75) is 33.0 Å². The molecule has 0 aliphatic carbocycles. The van der Waals surface area contributed by atoms with Crippen LogP contribution < -0.4 is 5.32 Å². The molecular weight excluding hydrogens is 272 g/mol. The Kier molecular flexibility index (Phi) is 6.16. The van der Waals surface area contributed by atoms with Crippen molar-refractivity contribution in [3.8, 4) is 0 Å². The Labute approximate surface area is 133 Å². The molecule has 0 fully saturated rings. The van der Waals surface area contributed by atoms with Gasteiger partial charge in [0, 0.05) is 19.1 Å². The van der Waals surface area contributed by atoms with E-state index in [2.05, 4.69) is 36.2 Å². The minimum Gasteiger partial charge on any atom is -0.351 e. The van der Waals surface area contributed by atoms with E-state index in [0.29, 0.717) is 19.1 Å². The fourth-order valence-corrected chi connectivity index (χ4v) is 2.28. The average Bonchev–Trinajstić information content (AvgIpc) is 2.54. The molecule has 0 heterocycles. The molecule has 22 heavy (non-hydrogen) atoms. The van der Waals surface area contributed by atoms with Crippen LogP contribution in [0.25, 0.3) is 0 Å². The summed E-state index contributed by atoms with van der Waals surface area (Å²) in [6.07, 6.45) is 0. The molecule has 0 spiro atoms. The number of hydrogen-bond donors (Lipinski definition) is 1. The molecule has 2 rings (SSSR count). The summed E-state index contributed by atoms with van der Waals surface area (Å²) in [5.41, 5.74) is 2.35. The van der Waals surface area contributed by atoms with Crippen molar-refractivity contribution in [1.82, 2.24) is 10.2 Å². The molecule has 0 saturated carbocycles. The predicted molar refractivity (Wildman–Crippen MR) is 90.3 cm³/mol. The van der Waals surface area contributed by atoms with Crippen molar-refractivity contribution in [1.29, 1.82) is 0 Å². The first kappa shape index (κ1) is 16.2. The number of nitrogens with zero attached hydrogens (tertiary/aromatic N) is 1. The summed E-state index contributed by atoms with van der Waals surface area (Å²) in [5, 5.41) is 2.99. The van der Waals surface area contributed by atoms with E-state index < -0.39 is 0 Å². The van der Waals surface area contributed by atoms with Crippen LogP contribution >= 0.6 is 0 Å². The van der Waals surface area contributed by atoms with Crippen LogP contribution in [0.15, 0.2) is 60.7 Å². The fraction of sp³-hybridized carbons (Fsp3) is 0.316. The molecule has 2 aromatic carbocycles. The van der Waals surface area contributed by atoms with Gasteiger partial charge in [-0.1, -0.05) is 60.7 Å². The van der Waals surface area contributed by atoms with Gasteiger partial charge in [-0.3, -0.25) is 9.69 Å². The highest BCUT2D eigenvalue weighted by Gasteiger charge is 2.14. The zero-order valence-electron chi connectivity index (χ0n) is 13.3. The second kappa shape index (κ2) is 8.35. The van der Waals surface area contributed by atoms with Gasteiger partial charge in [0.15, 0.2) is 0 Å². The van der Waals surface area contributed by atoms with Crippen LogP contribution in [-0.4, -0.2) is 23.4 Å². The summed E-state index contributed by atoms with van der Waals surface area (Å²) in [4.78, 5) is 14.3. The third-order valence-electron chi connectivity index (χ3n) is 3.64. The first-order valence-electron chi connectivity index (χ1n) is 7.74. The molecule has 3 nitrogen and oxygen atoms in total. The van der Waals surface area contributed by atoms with Crippen LogP contribution in [0, 0.1) is 0 Å². The molecule has 116 valence electrons. The number of amides is 1. The third-order valence-corrected chi connectivity index (χ3v) is 3.64. The number of nitrogens with one attached hydrogen (secondary N) is 1. The molecule has 0 atom stereocenters. The summed E-state index contributed by atoms with van der Waals surface area (Å²) < 4.78 is 0. The smallest absolute Gasteiger partial charge is 0.234 e. The lowest BCUT2D eigenvalue weighted by Gasteiger charge is -2.26. The maximum atomic E-state index is 12.2. The number of hydrogen-bond acceptors (Lipinski definition) is 2. The lowest BCUT2D eigenvalue weighted by Crippen LogP contribution is -2.40. The lowest BCUT2D eigenvalue weighted by atomic mass is 10.2. The van der Waals surface area contributed by atoms with Crippen molar-refractivity contribution in [3.05, 3.63) is 71.8 Å². The number of carbonyl (C=O) groups excluding carboxylic acids is 1. The van der Waals surface area contributed by atoms with Gasteiger partial charge in [-0.15, -0.1) is 0 Å². The molecule has 2 aromatic rings. The van der Waals surface area contributed by atoms with E-state index in [1.807, 2.05) is 48.5 Å². The van der Waals surface area contributed by atoms with E-state index in [0.717, 1.165) is 12.1 Å². The van der Waals surface area contributed by atoms with Gasteiger partial charge in [-0.05, 0) is 25.0 Å². The quantitative estimate of drug-likeness (QED) is 0.851. The number of rotatable bonds is 7. The zero-order valence-corrected chi connectivity index (χ0v) is 13.3. The van der Waals surface area contributed by atoms with Gasteiger partial charge >= 0.3 is 0 Å². The van der Waals surface area contributed by atoms with Gasteiger partial charge in [-0.2, -0.15) is 0 Å². The fourth-order valence-electron chi connectivity index (χ4n) is 2.28. The Hall–Kier alpha value is -2.13. The third kappa shape index (κ3) is 5.34. The minimum atomic E-state index is 0.0634. The van der Waals surface area contributed by atoms with Crippen molar-refractivity contribution < 1.29 is 4.79 Å². The normalized spacial score (nSPS) is 10.9. The van der Waals surface area contributed by atoms with Gasteiger partial charge in [0.1, 0.15) is 0 Å². The standard InChI is InChI=1S/C19H24N2O/c1-16(2)21(14-18-11-7-4-8-12-18)15-19(22)20-13-17-9-5-3-6-10-17/h3-12,16H,13-15H2,1-2H3,(H,20,22). The molecule has 0 saturated heterocycles. The first-order valence-corrected chi connectivity index (χ1v) is 7.74. The summed E-state index contributed by atoms with van der Waals surface area (Å²) in [5.74, 6) is 0.0634. The van der Waals surface area contributed by atoms with Crippen molar-refractivity contribution in [3.63, 3.8) is 0 Å². The van der Waals surface area contributed by atoms with Crippen LogP contribution in [0.2, 0.25) is 0 Å². The highest BCUT2D eigenvalue weighted by molar-refractivity contribution is 5.78. The SMILES string of the molecule is CC(C)N(CC(=O)NCc1ccccc1)Cc1ccccc1. The molecule has 0 aromatic heterocycles. The Balaban J connectivity index is 1.86. The lowest BCUT2D eigenvalue weighted by molar-refractivity contribution is -0.123. The molecule has 0 unspecified atom stereocenters. The summed E-state index contributed by atoms with van der Waals surface area (Å²) in [6.45, 7) is 6.02. The van der Waals surface area contributed by atoms with Crippen LogP contribution in [0.3, 0.4) is 0 Å². The van der Waals surface area contributed by atoms with E-state index >= 15 is 0 Å². The van der Waals surface area contributed by atoms with Crippen molar-refractivity contribution in [2.24, 2.45) is 0 Å². The Morgan fingerprint density at radius 3 is 2.05 bits per heavy atom. The van der Waals surface area contributed by atoms with Crippen LogP contribution in [0.1, 0.15) is 25.0 Å². The van der Waals surface area contributed by atoms with Gasteiger partial charge in [0.25, 0.3) is 0 Å². The van der Waals surface area contributed by atoms with Gasteiger partial charge in [0.05, 0.1) is 6.54 Å². The van der Waals surface area contributed by atoms with Crippen molar-refractivity contribution in [2.75, 3.05) is 6.54 Å². The Bertz CT molecular complexity index is 567. The zero-order chi connectivity index (χ0) is 15.8. The highest BCUT2D eigenvalue weighted by atomic mass is 16.2. The summed E-state index contributed by atoms with van der Waals surface area (Å²) in [6, 6.07) is 20.6. The minimum absolute atomic E-state index is 0.0634. The van der Waals surface area contributed by atoms with Gasteiger partial charge in [0.2, 0.25) is 5.91 Å². The monoisotopic (exact) mass is 296 g/mol. The van der Waals surface area contributed by atoms with E-state index in [1.54, 1.807) is 0 Å². The van der Waals surface area contributed by atoms with Gasteiger partial charge in [-0.25, -0.2) is 0 Å². The highest BCUT2D eigenvalue weighted by Crippen LogP contribution is 2.07. The first-order chi connectivity index (χ1) is 10.6. The van der Waals surface area contributed by atoms with E-state index in [-0.39, 0.29) is 5.91 Å². The van der Waals surface area contributed by atoms with Crippen LogP contribution in [0.4, 0.5) is 0 Å². The molecule has 0 radical (unpaired) electrons. The molecule has 3 heteroatoms. The van der Waals surface area contributed by atoms with E-state index in [9.17, 15) is 4.79 Å². The predicted octanol–water partition coefficient (Wildman–Crippen LogP) is 3.21. The number of benzene rings is 2. The maximum absolute atomic E-state index is 12.2. The molecule has 0 aliphatic rings. The topological polar surface area (TPSA) is 32.3 Å². The molecule has 1 amide bonds. The van der Waals surface area contributed by atoms with E-state index in [4.69, 9.17) is 0 Å². The summed E-state index contributed by atoms with van der Waals surface area (Å²) in [7, 11) is 0. The Morgan fingerprint density at radius 2 is 1.50 bits per heavy atom. The second-order valence-corrected chi connectivity index (χ2v) is 5.75. The second-order valence-electron chi connectivity index (χ2n) is 5.75.